The zero-order chi connectivity index (χ0) is 26.9. The molecule has 0 bridgehead atoms. The lowest BCUT2D eigenvalue weighted by molar-refractivity contribution is -0.133. The summed E-state index contributed by atoms with van der Waals surface area (Å²) in [6.45, 7) is 0.299. The number of carbonyl (C=O) groups excluding carboxylic acids is 1. The number of hydrogen-bond donors (Lipinski definition) is 1. The summed E-state index contributed by atoms with van der Waals surface area (Å²) >= 11 is 12.3. The molecular weight excluding hydrogens is 537 g/mol. The molecule has 6 rings (SSSR count). The third kappa shape index (κ3) is 4.94. The van der Waals surface area contributed by atoms with Gasteiger partial charge in [0.2, 0.25) is 5.91 Å². The highest BCUT2D eigenvalue weighted by molar-refractivity contribution is 6.31. The number of fused-ring (bicyclic) bond motifs is 1. The maximum Gasteiger partial charge on any atom is 0.258 e. The van der Waals surface area contributed by atoms with E-state index in [0.29, 0.717) is 39.8 Å². The number of halogens is 2. The van der Waals surface area contributed by atoms with E-state index in [-0.39, 0.29) is 17.9 Å². The third-order valence-corrected chi connectivity index (χ3v) is 7.21. The third-order valence-electron chi connectivity index (χ3n) is 6.71. The number of tetrazole rings is 1. The van der Waals surface area contributed by atoms with Crippen molar-refractivity contribution in [3.63, 3.8) is 0 Å². The second-order valence-corrected chi connectivity index (χ2v) is 10.0. The van der Waals surface area contributed by atoms with Crippen molar-refractivity contribution < 1.29 is 4.79 Å². The summed E-state index contributed by atoms with van der Waals surface area (Å²) in [5.41, 5.74) is 3.79. The van der Waals surface area contributed by atoms with Gasteiger partial charge in [-0.1, -0.05) is 65.7 Å². The van der Waals surface area contributed by atoms with E-state index in [9.17, 15) is 9.59 Å². The van der Waals surface area contributed by atoms with Gasteiger partial charge in [0, 0.05) is 39.4 Å². The quantitative estimate of drug-likeness (QED) is 0.306. The predicted octanol–water partition coefficient (Wildman–Crippen LogP) is 5.26. The minimum Gasteiger partial charge on any atom is -0.321 e. The lowest BCUT2D eigenvalue weighted by Crippen LogP contribution is -2.28. The summed E-state index contributed by atoms with van der Waals surface area (Å²) in [6, 6.07) is 21.9. The molecule has 1 aliphatic rings. The molecule has 1 N–H and O–H groups in total. The Labute approximate surface area is 232 Å². The Morgan fingerprint density at radius 1 is 0.949 bits per heavy atom. The first-order valence-corrected chi connectivity index (χ1v) is 13.0. The minimum absolute atomic E-state index is 0.129. The number of rotatable bonds is 6. The molecule has 0 saturated carbocycles. The number of hydrogen-bond acceptors (Lipinski definition) is 6. The van der Waals surface area contributed by atoms with Crippen LogP contribution >= 0.6 is 23.2 Å². The zero-order valence-corrected chi connectivity index (χ0v) is 22.0. The minimum atomic E-state index is -0.414. The number of aryl methyl sites for hydroxylation is 1. The number of aromatic nitrogens is 5. The van der Waals surface area contributed by atoms with Crippen LogP contribution in [-0.2, 0) is 11.3 Å². The van der Waals surface area contributed by atoms with Gasteiger partial charge in [0.05, 0.1) is 23.9 Å². The predicted molar refractivity (Wildman–Crippen MR) is 150 cm³/mol. The molecule has 0 aliphatic carbocycles. The van der Waals surface area contributed by atoms with Crippen LogP contribution in [0.4, 0.5) is 0 Å². The van der Waals surface area contributed by atoms with Gasteiger partial charge < -0.3 is 4.98 Å². The highest BCUT2D eigenvalue weighted by Gasteiger charge is 2.35. The molecule has 3 aromatic carbocycles. The van der Waals surface area contributed by atoms with Crippen molar-refractivity contribution in [1.82, 2.24) is 30.2 Å². The lowest BCUT2D eigenvalue weighted by Gasteiger charge is -2.22. The summed E-state index contributed by atoms with van der Waals surface area (Å²) < 4.78 is 1.49. The van der Waals surface area contributed by atoms with Crippen molar-refractivity contribution in [3.8, 4) is 11.1 Å². The lowest BCUT2D eigenvalue weighted by atomic mass is 9.91. The van der Waals surface area contributed by atoms with Gasteiger partial charge in [-0.2, -0.15) is 5.10 Å². The summed E-state index contributed by atoms with van der Waals surface area (Å²) in [5.74, 6) is -0.217. The molecule has 1 amide bonds. The van der Waals surface area contributed by atoms with E-state index in [4.69, 9.17) is 28.3 Å². The Hall–Kier alpha value is -4.34. The topological polar surface area (TPSA) is 109 Å². The SMILES string of the molecule is O=C(CCn1cnnn1)N1N=C(c2c(-c3ccc(Cl)cc3)c3ccccc3[nH]c2=O)C[C@H]1c1ccc(Cl)cc1. The summed E-state index contributed by atoms with van der Waals surface area (Å²) in [7, 11) is 0. The molecule has 0 saturated heterocycles. The average molecular weight is 558 g/mol. The first kappa shape index (κ1) is 25.0. The first-order chi connectivity index (χ1) is 19.0. The van der Waals surface area contributed by atoms with Crippen molar-refractivity contribution in [2.75, 3.05) is 0 Å². The molecule has 0 fully saturated rings. The van der Waals surface area contributed by atoms with E-state index < -0.39 is 6.04 Å². The number of carbonyl (C=O) groups is 1. The Morgan fingerprint density at radius 3 is 2.38 bits per heavy atom. The number of aromatic amines is 1. The van der Waals surface area contributed by atoms with E-state index in [1.165, 1.54) is 16.0 Å². The van der Waals surface area contributed by atoms with Crippen molar-refractivity contribution in [2.24, 2.45) is 5.10 Å². The van der Waals surface area contributed by atoms with Crippen LogP contribution in [0.15, 0.2) is 89.0 Å². The number of benzene rings is 3. The van der Waals surface area contributed by atoms with Crippen LogP contribution in [-0.4, -0.2) is 41.8 Å². The summed E-state index contributed by atoms with van der Waals surface area (Å²) in [5, 5.41) is 19.4. The first-order valence-electron chi connectivity index (χ1n) is 12.2. The van der Waals surface area contributed by atoms with Crippen molar-refractivity contribution in [2.45, 2.75) is 25.4 Å². The van der Waals surface area contributed by atoms with E-state index in [1.807, 2.05) is 48.5 Å². The van der Waals surface area contributed by atoms with Crippen molar-refractivity contribution in [3.05, 3.63) is 111 Å². The van der Waals surface area contributed by atoms with Gasteiger partial charge in [0.15, 0.2) is 0 Å². The van der Waals surface area contributed by atoms with Gasteiger partial charge >= 0.3 is 0 Å². The van der Waals surface area contributed by atoms with Gasteiger partial charge in [-0.3, -0.25) is 9.59 Å². The molecule has 0 unspecified atom stereocenters. The Balaban J connectivity index is 1.48. The van der Waals surface area contributed by atoms with Crippen molar-refractivity contribution >= 4 is 45.7 Å². The second kappa shape index (κ2) is 10.4. The molecule has 0 radical (unpaired) electrons. The van der Waals surface area contributed by atoms with Gasteiger partial charge in [-0.15, -0.1) is 5.10 Å². The number of pyridine rings is 1. The Morgan fingerprint density at radius 2 is 1.67 bits per heavy atom. The number of para-hydroxylation sites is 1. The Kier molecular flexibility index (Phi) is 6.68. The molecule has 9 nitrogen and oxygen atoms in total. The maximum absolute atomic E-state index is 13.6. The van der Waals surface area contributed by atoms with Gasteiger partial charge in [-0.25, -0.2) is 9.69 Å². The molecule has 194 valence electrons. The second-order valence-electron chi connectivity index (χ2n) is 9.14. The standard InChI is InChI=1S/C28H21Cl2N7O2/c29-19-9-5-17(6-10-19)24-15-23(33-37(24)25(38)13-14-36-16-31-34-35-36)27-26(18-7-11-20(30)12-8-18)21-3-1-2-4-22(21)32-28(27)39/h1-12,16,24H,13-15H2,(H,32,39)/t24-/m0/s1. The fourth-order valence-electron chi connectivity index (χ4n) is 4.88. The number of H-pyrrole nitrogens is 1. The average Bonchev–Trinajstić information content (AvgIpc) is 3.63. The van der Waals surface area contributed by atoms with E-state index in [1.54, 1.807) is 24.3 Å². The van der Waals surface area contributed by atoms with Gasteiger partial charge in [0.25, 0.3) is 5.56 Å². The van der Waals surface area contributed by atoms with Crippen LogP contribution in [0.5, 0.6) is 0 Å². The molecule has 3 heterocycles. The largest absolute Gasteiger partial charge is 0.321 e. The van der Waals surface area contributed by atoms with Gasteiger partial charge in [-0.05, 0) is 51.9 Å². The molecule has 11 heteroatoms. The van der Waals surface area contributed by atoms with Crippen LogP contribution in [0.25, 0.3) is 22.0 Å². The van der Waals surface area contributed by atoms with Crippen LogP contribution in [0.1, 0.15) is 30.0 Å². The summed E-state index contributed by atoms with van der Waals surface area (Å²) in [4.78, 5) is 30.1. The fourth-order valence-corrected chi connectivity index (χ4v) is 5.13. The van der Waals surface area contributed by atoms with Crippen LogP contribution in [0.3, 0.4) is 0 Å². The number of amides is 1. The molecule has 1 atom stereocenters. The van der Waals surface area contributed by atoms with Gasteiger partial charge in [0.1, 0.15) is 6.33 Å². The van der Waals surface area contributed by atoms with E-state index in [0.717, 1.165) is 22.1 Å². The van der Waals surface area contributed by atoms with Crippen LogP contribution in [0.2, 0.25) is 10.0 Å². The van der Waals surface area contributed by atoms with Crippen molar-refractivity contribution in [1.29, 1.82) is 0 Å². The normalized spacial score (nSPS) is 15.1. The van der Waals surface area contributed by atoms with Crippen LogP contribution < -0.4 is 5.56 Å². The molecule has 1 aliphatic heterocycles. The number of nitrogens with zero attached hydrogens (tertiary/aromatic N) is 6. The molecule has 2 aromatic heterocycles. The maximum atomic E-state index is 13.6. The van der Waals surface area contributed by atoms with Crippen LogP contribution in [0, 0.1) is 0 Å². The molecule has 39 heavy (non-hydrogen) atoms. The molecule has 5 aromatic rings. The Bertz CT molecular complexity index is 1750. The fraction of sp³-hybridized carbons (Fsp3) is 0.143. The molecular formula is C28H21Cl2N7O2. The van der Waals surface area contributed by atoms with E-state index >= 15 is 0 Å². The summed E-state index contributed by atoms with van der Waals surface area (Å²) in [6.07, 6.45) is 1.93. The highest BCUT2D eigenvalue weighted by Crippen LogP contribution is 2.37. The highest BCUT2D eigenvalue weighted by atomic mass is 35.5. The number of hydrazone groups is 1. The van der Waals surface area contributed by atoms with E-state index in [2.05, 4.69) is 20.5 Å². The molecule has 0 spiro atoms. The zero-order valence-electron chi connectivity index (χ0n) is 20.5. The smallest absolute Gasteiger partial charge is 0.258 e. The number of nitrogens with one attached hydrogen (secondary N) is 1. The monoisotopic (exact) mass is 557 g/mol.